The largest absolute Gasteiger partial charge is 0.399 e. The van der Waals surface area contributed by atoms with Crippen molar-refractivity contribution in [2.75, 3.05) is 5.73 Å². The van der Waals surface area contributed by atoms with Gasteiger partial charge >= 0.3 is 0 Å². The monoisotopic (exact) mass is 317 g/mol. The molecule has 0 amide bonds. The van der Waals surface area contributed by atoms with Gasteiger partial charge in [0, 0.05) is 18.3 Å². The number of rotatable bonds is 3. The Morgan fingerprint density at radius 2 is 2.05 bits per heavy atom. The van der Waals surface area contributed by atoms with Crippen LogP contribution < -0.4 is 5.73 Å². The van der Waals surface area contributed by atoms with Gasteiger partial charge in [0.2, 0.25) is 0 Å². The first-order valence-corrected chi connectivity index (χ1v) is 7.70. The molecule has 0 radical (unpaired) electrons. The van der Waals surface area contributed by atoms with Crippen LogP contribution in [-0.2, 0) is 22.6 Å². The van der Waals surface area contributed by atoms with Crippen molar-refractivity contribution in [1.29, 1.82) is 0 Å². The second-order valence-electron chi connectivity index (χ2n) is 4.46. The molecule has 20 heavy (non-hydrogen) atoms. The van der Waals surface area contributed by atoms with E-state index >= 15 is 0 Å². The first-order chi connectivity index (χ1) is 9.20. The summed E-state index contributed by atoms with van der Waals surface area (Å²) in [6.45, 7) is 1.66. The lowest BCUT2D eigenvalue weighted by Gasteiger charge is -2.06. The van der Waals surface area contributed by atoms with Gasteiger partial charge < -0.3 is 5.73 Å². The van der Waals surface area contributed by atoms with Crippen LogP contribution in [0.1, 0.15) is 11.3 Å². The molecule has 0 bridgehead atoms. The van der Waals surface area contributed by atoms with Crippen LogP contribution >= 0.6 is 11.6 Å². The highest BCUT2D eigenvalue weighted by Gasteiger charge is 2.22. The van der Waals surface area contributed by atoms with E-state index in [0.29, 0.717) is 11.3 Å². The van der Waals surface area contributed by atoms with Crippen molar-refractivity contribution < 1.29 is 12.8 Å². The molecule has 0 aliphatic carbocycles. The van der Waals surface area contributed by atoms with Crippen LogP contribution in [0.15, 0.2) is 23.1 Å². The zero-order valence-electron chi connectivity index (χ0n) is 10.9. The van der Waals surface area contributed by atoms with E-state index < -0.39 is 15.7 Å². The lowest BCUT2D eigenvalue weighted by molar-refractivity contribution is 0.590. The van der Waals surface area contributed by atoms with E-state index in [2.05, 4.69) is 5.10 Å². The molecule has 5 nitrogen and oxygen atoms in total. The second-order valence-corrected chi connectivity index (χ2v) is 6.81. The van der Waals surface area contributed by atoms with Crippen molar-refractivity contribution in [3.05, 3.63) is 40.4 Å². The van der Waals surface area contributed by atoms with Crippen molar-refractivity contribution in [3.8, 4) is 0 Å². The average Bonchev–Trinajstić information content (AvgIpc) is 2.54. The van der Waals surface area contributed by atoms with Gasteiger partial charge in [0.15, 0.2) is 9.84 Å². The SMILES string of the molecule is Cc1nn(C)c(Cl)c1CS(=O)(=O)c1cc(N)cc(F)c1. The average molecular weight is 318 g/mol. The van der Waals surface area contributed by atoms with Gasteiger partial charge in [-0.2, -0.15) is 5.10 Å². The molecule has 1 heterocycles. The maximum atomic E-state index is 13.3. The summed E-state index contributed by atoms with van der Waals surface area (Å²) in [5.41, 5.74) is 6.44. The van der Waals surface area contributed by atoms with E-state index in [0.717, 1.165) is 12.1 Å². The number of aryl methyl sites for hydroxylation is 2. The molecule has 0 fully saturated rings. The van der Waals surface area contributed by atoms with Gasteiger partial charge in [-0.15, -0.1) is 0 Å². The Morgan fingerprint density at radius 3 is 2.55 bits per heavy atom. The van der Waals surface area contributed by atoms with Crippen molar-refractivity contribution >= 4 is 27.1 Å². The van der Waals surface area contributed by atoms with Crippen molar-refractivity contribution in [1.82, 2.24) is 9.78 Å². The van der Waals surface area contributed by atoms with Crippen molar-refractivity contribution in [2.45, 2.75) is 17.6 Å². The number of aromatic nitrogens is 2. The third-order valence-electron chi connectivity index (χ3n) is 2.86. The molecule has 2 aromatic rings. The number of halogens is 2. The summed E-state index contributed by atoms with van der Waals surface area (Å²) in [4.78, 5) is -0.172. The van der Waals surface area contributed by atoms with Gasteiger partial charge in [0.1, 0.15) is 11.0 Å². The third-order valence-corrected chi connectivity index (χ3v) is 4.95. The normalized spacial score (nSPS) is 11.8. The first-order valence-electron chi connectivity index (χ1n) is 5.67. The van der Waals surface area contributed by atoms with Gasteiger partial charge in [-0.25, -0.2) is 12.8 Å². The standard InChI is InChI=1S/C12H13ClFN3O2S/c1-7-11(12(13)17(2)16-7)6-20(18,19)10-4-8(14)3-9(15)5-10/h3-5H,6,15H2,1-2H3. The van der Waals surface area contributed by atoms with Crippen LogP contribution in [0, 0.1) is 12.7 Å². The molecule has 0 aliphatic rings. The lowest BCUT2D eigenvalue weighted by Crippen LogP contribution is -2.07. The quantitative estimate of drug-likeness (QED) is 0.879. The molecule has 1 aromatic carbocycles. The Bertz CT molecular complexity index is 751. The Labute approximate surface area is 121 Å². The summed E-state index contributed by atoms with van der Waals surface area (Å²) >= 11 is 6.01. The second kappa shape index (κ2) is 5.06. The van der Waals surface area contributed by atoms with Crippen molar-refractivity contribution in [2.24, 2.45) is 7.05 Å². The predicted octanol–water partition coefficient (Wildman–Crippen LogP) is 2.08. The lowest BCUT2D eigenvalue weighted by atomic mass is 10.3. The predicted molar refractivity (Wildman–Crippen MR) is 74.7 cm³/mol. The van der Waals surface area contributed by atoms with Crippen LogP contribution in [-0.4, -0.2) is 18.2 Å². The molecular weight excluding hydrogens is 305 g/mol. The minimum Gasteiger partial charge on any atom is -0.399 e. The minimum atomic E-state index is -3.75. The van der Waals surface area contributed by atoms with Gasteiger partial charge in [-0.05, 0) is 25.1 Å². The fourth-order valence-electron chi connectivity index (χ4n) is 1.88. The molecule has 8 heteroatoms. The Balaban J connectivity index is 2.46. The summed E-state index contributed by atoms with van der Waals surface area (Å²) in [5, 5.41) is 4.29. The van der Waals surface area contributed by atoms with E-state index in [1.807, 2.05) is 0 Å². The van der Waals surface area contributed by atoms with Crippen LogP contribution in [0.25, 0.3) is 0 Å². The fraction of sp³-hybridized carbons (Fsp3) is 0.250. The number of nitrogens with two attached hydrogens (primary N) is 1. The van der Waals surface area contributed by atoms with Gasteiger partial charge in [0.25, 0.3) is 0 Å². The highest BCUT2D eigenvalue weighted by molar-refractivity contribution is 7.90. The molecular formula is C12H13ClFN3O2S. The van der Waals surface area contributed by atoms with Crippen LogP contribution in [0.4, 0.5) is 10.1 Å². The zero-order chi connectivity index (χ0) is 15.1. The van der Waals surface area contributed by atoms with Gasteiger partial charge in [-0.1, -0.05) is 11.6 Å². The van der Waals surface area contributed by atoms with Gasteiger partial charge in [-0.3, -0.25) is 4.68 Å². The number of anilines is 1. The highest BCUT2D eigenvalue weighted by Crippen LogP contribution is 2.25. The molecule has 2 N–H and O–H groups in total. The highest BCUT2D eigenvalue weighted by atomic mass is 35.5. The molecule has 1 aromatic heterocycles. The number of hydrogen-bond acceptors (Lipinski definition) is 4. The topological polar surface area (TPSA) is 78.0 Å². The van der Waals surface area contributed by atoms with E-state index in [9.17, 15) is 12.8 Å². The number of nitrogen functional groups attached to an aromatic ring is 1. The maximum Gasteiger partial charge on any atom is 0.182 e. The van der Waals surface area contributed by atoms with Crippen molar-refractivity contribution in [3.63, 3.8) is 0 Å². The molecule has 0 spiro atoms. The number of sulfone groups is 1. The molecule has 0 unspecified atom stereocenters. The van der Waals surface area contributed by atoms with Crippen LogP contribution in [0.5, 0.6) is 0 Å². The van der Waals surface area contributed by atoms with E-state index in [1.54, 1.807) is 14.0 Å². The zero-order valence-corrected chi connectivity index (χ0v) is 12.5. The van der Waals surface area contributed by atoms with E-state index in [4.69, 9.17) is 17.3 Å². The molecule has 108 valence electrons. The van der Waals surface area contributed by atoms with Gasteiger partial charge in [0.05, 0.1) is 16.3 Å². The van der Waals surface area contributed by atoms with Crippen LogP contribution in [0.2, 0.25) is 5.15 Å². The molecule has 0 saturated carbocycles. The fourth-order valence-corrected chi connectivity index (χ4v) is 3.70. The number of benzene rings is 1. The summed E-state index contributed by atoms with van der Waals surface area (Å²) in [6.07, 6.45) is 0. The van der Waals surface area contributed by atoms with Crippen LogP contribution in [0.3, 0.4) is 0 Å². The number of hydrogen-bond donors (Lipinski definition) is 1. The molecule has 0 aliphatic heterocycles. The van der Waals surface area contributed by atoms with E-state index in [-0.39, 0.29) is 21.5 Å². The summed E-state index contributed by atoms with van der Waals surface area (Å²) in [7, 11) is -2.13. The Morgan fingerprint density at radius 1 is 1.40 bits per heavy atom. The van der Waals surface area contributed by atoms with E-state index in [1.165, 1.54) is 10.7 Å². The molecule has 0 atom stereocenters. The Kier molecular flexibility index (Phi) is 3.75. The smallest absolute Gasteiger partial charge is 0.182 e. The molecule has 0 saturated heterocycles. The maximum absolute atomic E-state index is 13.3. The minimum absolute atomic E-state index is 0.0533. The first kappa shape index (κ1) is 14.8. The Hall–Kier alpha value is -1.60. The number of nitrogens with zero attached hydrogens (tertiary/aromatic N) is 2. The summed E-state index contributed by atoms with van der Waals surface area (Å²) in [6, 6.07) is 3.21. The summed E-state index contributed by atoms with van der Waals surface area (Å²) < 4.78 is 39.3. The molecule has 2 rings (SSSR count). The third kappa shape index (κ3) is 2.78. The summed E-state index contributed by atoms with van der Waals surface area (Å²) in [5.74, 6) is -1.05.